The van der Waals surface area contributed by atoms with Crippen molar-refractivity contribution in [2.45, 2.75) is 6.42 Å². The first-order valence-corrected chi connectivity index (χ1v) is 8.86. The monoisotopic (exact) mass is 370 g/mol. The van der Waals surface area contributed by atoms with Crippen LogP contribution in [0.2, 0.25) is 5.02 Å². The van der Waals surface area contributed by atoms with Gasteiger partial charge in [0.15, 0.2) is 0 Å². The van der Waals surface area contributed by atoms with Gasteiger partial charge in [0.05, 0.1) is 22.0 Å². The van der Waals surface area contributed by atoms with Gasteiger partial charge < -0.3 is 10.6 Å². The van der Waals surface area contributed by atoms with E-state index >= 15 is 0 Å². The molecule has 2 N–H and O–H groups in total. The Bertz CT molecular complexity index is 880. The van der Waals surface area contributed by atoms with Crippen LogP contribution in [0.15, 0.2) is 66.0 Å². The van der Waals surface area contributed by atoms with Gasteiger partial charge >= 0.3 is 0 Å². The molecule has 2 amide bonds. The van der Waals surface area contributed by atoms with Crippen LogP contribution in [-0.2, 0) is 11.2 Å². The van der Waals surface area contributed by atoms with Crippen LogP contribution in [-0.4, -0.2) is 11.8 Å². The molecule has 0 aliphatic carbocycles. The van der Waals surface area contributed by atoms with Crippen LogP contribution in [0, 0.1) is 0 Å². The molecule has 0 saturated carbocycles. The van der Waals surface area contributed by atoms with Crippen molar-refractivity contribution in [3.63, 3.8) is 0 Å². The van der Waals surface area contributed by atoms with Gasteiger partial charge in [-0.05, 0) is 35.2 Å². The van der Waals surface area contributed by atoms with E-state index in [-0.39, 0.29) is 18.2 Å². The summed E-state index contributed by atoms with van der Waals surface area (Å²) >= 11 is 7.57. The van der Waals surface area contributed by atoms with Gasteiger partial charge in [-0.1, -0.05) is 48.0 Å². The van der Waals surface area contributed by atoms with Crippen molar-refractivity contribution in [1.82, 2.24) is 0 Å². The summed E-state index contributed by atoms with van der Waals surface area (Å²) in [6.45, 7) is 0. The Labute approximate surface area is 154 Å². The van der Waals surface area contributed by atoms with Crippen molar-refractivity contribution < 1.29 is 9.59 Å². The summed E-state index contributed by atoms with van der Waals surface area (Å²) in [5, 5.41) is 7.76. The van der Waals surface area contributed by atoms with Crippen LogP contribution in [0.5, 0.6) is 0 Å². The number of benzene rings is 2. The Morgan fingerprint density at radius 1 is 0.960 bits per heavy atom. The van der Waals surface area contributed by atoms with Gasteiger partial charge in [0.1, 0.15) is 0 Å². The number of anilines is 2. The van der Waals surface area contributed by atoms with Gasteiger partial charge in [0.25, 0.3) is 5.91 Å². The first-order valence-electron chi connectivity index (χ1n) is 7.60. The summed E-state index contributed by atoms with van der Waals surface area (Å²) in [5.74, 6) is -0.338. The minimum Gasteiger partial charge on any atom is -0.326 e. The summed E-state index contributed by atoms with van der Waals surface area (Å²) < 4.78 is 0. The van der Waals surface area contributed by atoms with Crippen molar-refractivity contribution in [1.29, 1.82) is 0 Å². The fourth-order valence-corrected chi connectivity index (χ4v) is 3.12. The number of hydrogen-bond donors (Lipinski definition) is 2. The molecule has 0 bridgehead atoms. The third-order valence-corrected chi connectivity index (χ3v) is 4.63. The summed E-state index contributed by atoms with van der Waals surface area (Å²) in [4.78, 5) is 24.8. The molecule has 3 rings (SSSR count). The molecule has 0 spiro atoms. The Hall–Kier alpha value is -2.63. The third kappa shape index (κ3) is 4.68. The van der Waals surface area contributed by atoms with E-state index in [2.05, 4.69) is 10.6 Å². The van der Waals surface area contributed by atoms with Crippen LogP contribution < -0.4 is 10.6 Å². The molecule has 25 heavy (non-hydrogen) atoms. The molecule has 0 aliphatic rings. The second kappa shape index (κ2) is 7.96. The highest BCUT2D eigenvalue weighted by Gasteiger charge is 2.11. The second-order valence-corrected chi connectivity index (χ2v) is 6.69. The molecule has 0 unspecified atom stereocenters. The highest BCUT2D eigenvalue weighted by atomic mass is 35.5. The second-order valence-electron chi connectivity index (χ2n) is 5.34. The molecule has 4 nitrogen and oxygen atoms in total. The number of nitrogens with one attached hydrogen (secondary N) is 2. The number of rotatable bonds is 5. The van der Waals surface area contributed by atoms with E-state index < -0.39 is 0 Å². The fraction of sp³-hybridized carbons (Fsp3) is 0.0526. The number of carbonyl (C=O) groups excluding carboxylic acids is 2. The lowest BCUT2D eigenvalue weighted by molar-refractivity contribution is -0.115. The molecule has 0 saturated heterocycles. The van der Waals surface area contributed by atoms with Crippen molar-refractivity contribution in [3.05, 3.63) is 81.5 Å². The van der Waals surface area contributed by atoms with Crippen LogP contribution >= 0.6 is 22.9 Å². The van der Waals surface area contributed by atoms with Gasteiger partial charge in [-0.2, -0.15) is 0 Å². The molecule has 0 aliphatic heterocycles. The summed E-state index contributed by atoms with van der Waals surface area (Å²) in [5.41, 5.74) is 2.02. The predicted octanol–water partition coefficient (Wildman–Crippen LogP) is 4.84. The zero-order valence-electron chi connectivity index (χ0n) is 13.2. The third-order valence-electron chi connectivity index (χ3n) is 3.45. The van der Waals surface area contributed by atoms with E-state index in [1.165, 1.54) is 11.3 Å². The van der Waals surface area contributed by atoms with Crippen LogP contribution in [0.3, 0.4) is 0 Å². The standard InChI is InChI=1S/C19H15ClN2O2S/c20-15-12-14(21-18(23)11-13-5-2-1-3-6-13)8-9-16(15)22-19(24)17-7-4-10-25-17/h1-10,12H,11H2,(H,21,23)(H,22,24). The number of amides is 2. The molecule has 3 aromatic rings. The Kier molecular flexibility index (Phi) is 5.48. The first kappa shape index (κ1) is 17.2. The van der Waals surface area contributed by atoms with Crippen molar-refractivity contribution in [2.24, 2.45) is 0 Å². The maximum absolute atomic E-state index is 12.1. The summed E-state index contributed by atoms with van der Waals surface area (Å²) in [6, 6.07) is 18.0. The number of halogens is 1. The minimum atomic E-state index is -0.210. The summed E-state index contributed by atoms with van der Waals surface area (Å²) in [6.07, 6.45) is 0.287. The van der Waals surface area contributed by atoms with E-state index in [1.807, 2.05) is 41.8 Å². The number of thiophene rings is 1. The smallest absolute Gasteiger partial charge is 0.265 e. The lowest BCUT2D eigenvalue weighted by atomic mass is 10.1. The van der Waals surface area contributed by atoms with Gasteiger partial charge in [0.2, 0.25) is 5.91 Å². The highest BCUT2D eigenvalue weighted by molar-refractivity contribution is 7.12. The lowest BCUT2D eigenvalue weighted by Crippen LogP contribution is -2.15. The van der Waals surface area contributed by atoms with Gasteiger partial charge in [-0.15, -0.1) is 11.3 Å². The van der Waals surface area contributed by atoms with Crippen molar-refractivity contribution in [3.8, 4) is 0 Å². The van der Waals surface area contributed by atoms with Crippen molar-refractivity contribution >= 4 is 46.1 Å². The average Bonchev–Trinajstić information content (AvgIpc) is 3.13. The lowest BCUT2D eigenvalue weighted by Gasteiger charge is -2.10. The zero-order chi connectivity index (χ0) is 17.6. The van der Waals surface area contributed by atoms with E-state index in [0.29, 0.717) is 21.3 Å². The topological polar surface area (TPSA) is 58.2 Å². The maximum atomic E-state index is 12.1. The Morgan fingerprint density at radius 3 is 2.44 bits per heavy atom. The molecule has 0 fully saturated rings. The van der Waals surface area contributed by atoms with E-state index in [4.69, 9.17) is 11.6 Å². The quantitative estimate of drug-likeness (QED) is 0.675. The maximum Gasteiger partial charge on any atom is 0.265 e. The molecule has 126 valence electrons. The first-order chi connectivity index (χ1) is 12.1. The molecule has 2 aromatic carbocycles. The Morgan fingerprint density at radius 2 is 1.76 bits per heavy atom. The van der Waals surface area contributed by atoms with Crippen molar-refractivity contribution in [2.75, 3.05) is 10.6 Å². The SMILES string of the molecule is O=C(Cc1ccccc1)Nc1ccc(NC(=O)c2cccs2)c(Cl)c1. The zero-order valence-corrected chi connectivity index (χ0v) is 14.7. The largest absolute Gasteiger partial charge is 0.326 e. The van der Waals surface area contributed by atoms with Gasteiger partial charge in [0, 0.05) is 5.69 Å². The van der Waals surface area contributed by atoms with E-state index in [9.17, 15) is 9.59 Å². The molecule has 0 atom stereocenters. The van der Waals surface area contributed by atoms with Crippen LogP contribution in [0.25, 0.3) is 0 Å². The number of hydrogen-bond acceptors (Lipinski definition) is 3. The van der Waals surface area contributed by atoms with Gasteiger partial charge in [-0.3, -0.25) is 9.59 Å². The molecule has 6 heteroatoms. The van der Waals surface area contributed by atoms with E-state index in [1.54, 1.807) is 24.3 Å². The number of carbonyl (C=O) groups is 2. The predicted molar refractivity (Wildman–Crippen MR) is 102 cm³/mol. The highest BCUT2D eigenvalue weighted by Crippen LogP contribution is 2.26. The minimum absolute atomic E-state index is 0.127. The molecular formula is C19H15ClN2O2S. The van der Waals surface area contributed by atoms with Gasteiger partial charge in [-0.25, -0.2) is 0 Å². The molecular weight excluding hydrogens is 356 g/mol. The molecule has 0 radical (unpaired) electrons. The average molecular weight is 371 g/mol. The molecule has 1 aromatic heterocycles. The molecule has 1 heterocycles. The van der Waals surface area contributed by atoms with E-state index in [0.717, 1.165) is 5.56 Å². The normalized spacial score (nSPS) is 10.3. The van der Waals surface area contributed by atoms with Crippen LogP contribution in [0.1, 0.15) is 15.2 Å². The summed E-state index contributed by atoms with van der Waals surface area (Å²) in [7, 11) is 0. The Balaban J connectivity index is 1.63. The fourth-order valence-electron chi connectivity index (χ4n) is 2.27. The van der Waals surface area contributed by atoms with Crippen LogP contribution in [0.4, 0.5) is 11.4 Å².